The Hall–Kier alpha value is -1.71. The minimum absolute atomic E-state index is 0.0935. The summed E-state index contributed by atoms with van der Waals surface area (Å²) < 4.78 is 0. The first-order valence-corrected chi connectivity index (χ1v) is 7.89. The Morgan fingerprint density at radius 1 is 1.05 bits per heavy atom. The Morgan fingerprint density at radius 3 is 2.86 bits per heavy atom. The predicted octanol–water partition coefficient (Wildman–Crippen LogP) is 4.02. The maximum absolute atomic E-state index is 5.91. The maximum atomic E-state index is 5.91. The zero-order valence-corrected chi connectivity index (χ0v) is 12.4. The highest BCUT2D eigenvalue weighted by Crippen LogP contribution is 2.31. The number of allylic oxidation sites excluding steroid dienone is 1. The highest BCUT2D eigenvalue weighted by atomic mass is 15.2. The smallest absolute Gasteiger partial charge is 0.0705 e. The van der Waals surface area contributed by atoms with Crippen LogP contribution in [0.1, 0.15) is 50.1 Å². The van der Waals surface area contributed by atoms with E-state index < -0.39 is 0 Å². The second kappa shape index (κ2) is 6.83. The van der Waals surface area contributed by atoms with Crippen molar-refractivity contribution in [2.75, 3.05) is 0 Å². The van der Waals surface area contributed by atoms with E-state index in [1.165, 1.54) is 42.2 Å². The molecule has 1 atom stereocenters. The Labute approximate surface area is 126 Å². The summed E-state index contributed by atoms with van der Waals surface area (Å²) in [7, 11) is 0. The van der Waals surface area contributed by atoms with E-state index in [1.54, 1.807) is 0 Å². The number of rotatable bonds is 3. The van der Waals surface area contributed by atoms with E-state index in [-0.39, 0.29) is 6.04 Å². The fourth-order valence-electron chi connectivity index (χ4n) is 3.25. The van der Waals surface area contributed by atoms with Crippen LogP contribution in [-0.2, 0) is 0 Å². The van der Waals surface area contributed by atoms with Gasteiger partial charge in [-0.2, -0.15) is 0 Å². The van der Waals surface area contributed by atoms with Crippen molar-refractivity contribution in [2.45, 2.75) is 44.6 Å². The summed E-state index contributed by atoms with van der Waals surface area (Å²) in [5.41, 5.74) is 6.72. The van der Waals surface area contributed by atoms with Crippen molar-refractivity contribution < 1.29 is 0 Å². The van der Waals surface area contributed by atoms with E-state index in [1.807, 2.05) is 12.3 Å². The summed E-state index contributed by atoms with van der Waals surface area (Å²) in [5.74, 6) is 5.91. The van der Waals surface area contributed by atoms with Crippen LogP contribution >= 0.6 is 0 Å². The van der Waals surface area contributed by atoms with Crippen molar-refractivity contribution in [3.05, 3.63) is 53.7 Å². The largest absolute Gasteiger partial charge is 0.271 e. The van der Waals surface area contributed by atoms with Crippen LogP contribution in [0.5, 0.6) is 0 Å². The molecule has 3 rings (SSSR count). The molecule has 110 valence electrons. The van der Waals surface area contributed by atoms with Gasteiger partial charge in [0.2, 0.25) is 0 Å². The number of hydrazine groups is 1. The number of nitrogens with one attached hydrogen (secondary N) is 1. The van der Waals surface area contributed by atoms with Crippen molar-refractivity contribution >= 4 is 10.9 Å². The zero-order chi connectivity index (χ0) is 14.5. The van der Waals surface area contributed by atoms with Crippen LogP contribution in [0.4, 0.5) is 0 Å². The third kappa shape index (κ3) is 3.14. The van der Waals surface area contributed by atoms with E-state index in [4.69, 9.17) is 5.84 Å². The molecule has 1 aromatic heterocycles. The molecule has 0 aliphatic heterocycles. The summed E-state index contributed by atoms with van der Waals surface area (Å²) in [6.45, 7) is 0. The van der Waals surface area contributed by atoms with Gasteiger partial charge in [-0.15, -0.1) is 0 Å². The minimum Gasteiger partial charge on any atom is -0.271 e. The van der Waals surface area contributed by atoms with Crippen LogP contribution < -0.4 is 11.3 Å². The van der Waals surface area contributed by atoms with E-state index in [9.17, 15) is 0 Å². The first kappa shape index (κ1) is 14.2. The summed E-state index contributed by atoms with van der Waals surface area (Å²) in [4.78, 5) is 4.45. The molecule has 2 aromatic rings. The third-order valence-corrected chi connectivity index (χ3v) is 4.35. The van der Waals surface area contributed by atoms with Crippen LogP contribution in [0.25, 0.3) is 10.9 Å². The average molecular weight is 281 g/mol. The molecule has 21 heavy (non-hydrogen) atoms. The van der Waals surface area contributed by atoms with Gasteiger partial charge in [-0.05, 0) is 43.4 Å². The van der Waals surface area contributed by atoms with E-state index in [0.717, 1.165) is 18.4 Å². The monoisotopic (exact) mass is 281 g/mol. The lowest BCUT2D eigenvalue weighted by Gasteiger charge is -2.23. The van der Waals surface area contributed by atoms with Crippen LogP contribution in [0.15, 0.2) is 48.2 Å². The third-order valence-electron chi connectivity index (χ3n) is 4.35. The van der Waals surface area contributed by atoms with Gasteiger partial charge in [0.05, 0.1) is 11.6 Å². The van der Waals surface area contributed by atoms with Crippen LogP contribution in [0.3, 0.4) is 0 Å². The Balaban J connectivity index is 2.01. The predicted molar refractivity (Wildman–Crippen MR) is 87.6 cm³/mol. The van der Waals surface area contributed by atoms with E-state index in [0.29, 0.717) is 0 Å². The molecule has 3 nitrogen and oxygen atoms in total. The fourth-order valence-corrected chi connectivity index (χ4v) is 3.25. The number of fused-ring (bicyclic) bond motifs is 1. The van der Waals surface area contributed by atoms with Crippen molar-refractivity contribution in [3.8, 4) is 0 Å². The Kier molecular flexibility index (Phi) is 4.63. The van der Waals surface area contributed by atoms with E-state index in [2.05, 4.69) is 40.8 Å². The van der Waals surface area contributed by atoms with Crippen LogP contribution in [0, 0.1) is 0 Å². The quantitative estimate of drug-likeness (QED) is 0.507. The lowest BCUT2D eigenvalue weighted by molar-refractivity contribution is 0.557. The highest BCUT2D eigenvalue weighted by molar-refractivity contribution is 5.82. The maximum Gasteiger partial charge on any atom is 0.0705 e. The molecule has 1 aliphatic carbocycles. The molecule has 3 N–H and O–H groups in total. The van der Waals surface area contributed by atoms with Crippen LogP contribution in [-0.4, -0.2) is 4.98 Å². The first-order valence-electron chi connectivity index (χ1n) is 7.89. The Morgan fingerprint density at radius 2 is 1.95 bits per heavy atom. The highest BCUT2D eigenvalue weighted by Gasteiger charge is 2.18. The Bertz CT molecular complexity index is 628. The van der Waals surface area contributed by atoms with Crippen molar-refractivity contribution in [1.29, 1.82) is 0 Å². The summed E-state index contributed by atoms with van der Waals surface area (Å²) in [5, 5.41) is 1.19. The number of benzene rings is 1. The minimum atomic E-state index is 0.0935. The zero-order valence-electron chi connectivity index (χ0n) is 12.4. The number of nitrogens with two attached hydrogens (primary N) is 1. The molecule has 3 heteroatoms. The molecule has 1 unspecified atom stereocenters. The van der Waals surface area contributed by atoms with Gasteiger partial charge in [-0.3, -0.25) is 10.8 Å². The van der Waals surface area contributed by atoms with Crippen molar-refractivity contribution in [2.24, 2.45) is 5.84 Å². The molecule has 0 saturated carbocycles. The van der Waals surface area contributed by atoms with Crippen molar-refractivity contribution in [3.63, 3.8) is 0 Å². The number of pyridine rings is 1. The lowest BCUT2D eigenvalue weighted by atomic mass is 9.89. The number of hydrogen-bond donors (Lipinski definition) is 2. The molecule has 0 amide bonds. The van der Waals surface area contributed by atoms with Gasteiger partial charge < -0.3 is 0 Å². The standard InChI is InChI=1S/C18H23N3/c19-21-18(14-8-4-2-1-3-5-9-14)16-10-6-12-17-15(16)11-7-13-20-17/h6-8,10-13,18,21H,1-5,9,19H2/b14-8+. The second-order valence-electron chi connectivity index (χ2n) is 5.75. The van der Waals surface area contributed by atoms with Gasteiger partial charge in [0.15, 0.2) is 0 Å². The molecule has 0 spiro atoms. The molecule has 1 aliphatic rings. The summed E-state index contributed by atoms with van der Waals surface area (Å²) in [6, 6.07) is 10.5. The normalized spacial score (nSPS) is 20.3. The molecular weight excluding hydrogens is 258 g/mol. The van der Waals surface area contributed by atoms with Gasteiger partial charge in [-0.1, -0.05) is 42.7 Å². The van der Waals surface area contributed by atoms with Crippen molar-refractivity contribution in [1.82, 2.24) is 10.4 Å². The molecule has 1 heterocycles. The van der Waals surface area contributed by atoms with Gasteiger partial charge in [0.1, 0.15) is 0 Å². The molecule has 1 aromatic carbocycles. The van der Waals surface area contributed by atoms with Gasteiger partial charge in [0, 0.05) is 11.6 Å². The lowest BCUT2D eigenvalue weighted by Crippen LogP contribution is -2.30. The molecule has 0 fully saturated rings. The number of aromatic nitrogens is 1. The van der Waals surface area contributed by atoms with E-state index >= 15 is 0 Å². The molecule has 0 saturated heterocycles. The fraction of sp³-hybridized carbons (Fsp3) is 0.389. The second-order valence-corrected chi connectivity index (χ2v) is 5.75. The van der Waals surface area contributed by atoms with Gasteiger partial charge >= 0.3 is 0 Å². The summed E-state index contributed by atoms with van der Waals surface area (Å²) in [6.07, 6.45) is 11.7. The SMILES string of the molecule is NNC(/C1=C/CCCCCC1)c1cccc2ncccc12. The summed E-state index contributed by atoms with van der Waals surface area (Å²) >= 11 is 0. The topological polar surface area (TPSA) is 50.9 Å². The molecule has 0 radical (unpaired) electrons. The van der Waals surface area contributed by atoms with Gasteiger partial charge in [0.25, 0.3) is 0 Å². The molecule has 0 bridgehead atoms. The average Bonchev–Trinajstić information content (AvgIpc) is 2.50. The van der Waals surface area contributed by atoms with Gasteiger partial charge in [-0.25, -0.2) is 5.43 Å². The first-order chi connectivity index (χ1) is 10.4. The molecular formula is C18H23N3. The number of nitrogens with zero attached hydrogens (tertiary/aromatic N) is 1. The van der Waals surface area contributed by atoms with Crippen LogP contribution in [0.2, 0.25) is 0 Å². The number of hydrogen-bond acceptors (Lipinski definition) is 3.